The second-order valence-corrected chi connectivity index (χ2v) is 4.61. The zero-order valence-corrected chi connectivity index (χ0v) is 15.4. The molecule has 0 spiro atoms. The highest BCUT2D eigenvalue weighted by Gasteiger charge is 1.99. The fraction of sp³-hybridized carbons (Fsp3) is 0.667. The number of nitrogens with zero attached hydrogens (tertiary/aromatic N) is 1. The molecule has 5 nitrogen and oxygen atoms in total. The molecule has 0 fully saturated rings. The summed E-state index contributed by atoms with van der Waals surface area (Å²) in [5, 5.41) is 6.68. The van der Waals surface area contributed by atoms with E-state index in [2.05, 4.69) is 22.5 Å². The molecular weight excluding hydrogens is 381 g/mol. The van der Waals surface area contributed by atoms with Crippen molar-refractivity contribution in [2.75, 3.05) is 33.4 Å². The molecule has 0 amide bonds. The number of guanidine groups is 1. The number of nitrogens with one attached hydrogen (secondary N) is 2. The molecule has 1 rings (SSSR count). The first-order valence-electron chi connectivity index (χ1n) is 7.40. The largest absolute Gasteiger partial charge is 0.469 e. The summed E-state index contributed by atoms with van der Waals surface area (Å²) in [5.41, 5.74) is 0. The lowest BCUT2D eigenvalue weighted by molar-refractivity contribution is 0.193. The molecule has 1 heterocycles. The molecule has 0 aliphatic rings. The number of rotatable bonds is 10. The first kappa shape index (κ1) is 20.2. The normalized spacial score (nSPS) is 11.0. The van der Waals surface area contributed by atoms with Gasteiger partial charge >= 0.3 is 0 Å². The van der Waals surface area contributed by atoms with Gasteiger partial charge in [-0.25, -0.2) is 0 Å². The highest BCUT2D eigenvalue weighted by atomic mass is 127. The predicted octanol–water partition coefficient (Wildman–Crippen LogP) is 2.81. The van der Waals surface area contributed by atoms with Crippen LogP contribution in [0.25, 0.3) is 0 Å². The van der Waals surface area contributed by atoms with Crippen LogP contribution in [0.2, 0.25) is 0 Å². The second kappa shape index (κ2) is 14.2. The van der Waals surface area contributed by atoms with E-state index in [9.17, 15) is 0 Å². The van der Waals surface area contributed by atoms with E-state index < -0.39 is 0 Å². The number of halogens is 1. The third kappa shape index (κ3) is 10.6. The van der Waals surface area contributed by atoms with Crippen LogP contribution in [0, 0.1) is 0 Å². The molecule has 21 heavy (non-hydrogen) atoms. The standard InChI is InChI=1S/C15H27N3O2.HI/c1-3-9-16-15(17-10-4-5-12-19-2)18-11-8-14-7-6-13-20-14;/h6-7,13H,3-5,8-12H2,1-2H3,(H2,16,17,18);1H. The summed E-state index contributed by atoms with van der Waals surface area (Å²) in [6.45, 7) is 5.52. The average Bonchev–Trinajstić information content (AvgIpc) is 2.97. The molecule has 6 heteroatoms. The maximum Gasteiger partial charge on any atom is 0.191 e. The fourth-order valence-electron chi connectivity index (χ4n) is 1.74. The average molecular weight is 409 g/mol. The van der Waals surface area contributed by atoms with Crippen LogP contribution in [0.3, 0.4) is 0 Å². The first-order valence-corrected chi connectivity index (χ1v) is 7.40. The Labute approximate surface area is 144 Å². The number of ether oxygens (including phenoxy) is 1. The number of unbranched alkanes of at least 4 members (excludes halogenated alkanes) is 1. The van der Waals surface area contributed by atoms with E-state index in [1.807, 2.05) is 12.1 Å². The Kier molecular flexibility index (Phi) is 13.7. The third-order valence-electron chi connectivity index (χ3n) is 2.81. The molecule has 0 saturated heterocycles. The van der Waals surface area contributed by atoms with Gasteiger partial charge in [-0.15, -0.1) is 24.0 Å². The molecule has 0 radical (unpaired) electrons. The summed E-state index contributed by atoms with van der Waals surface area (Å²) in [4.78, 5) is 4.51. The minimum atomic E-state index is 0. The molecular formula is C15H28IN3O2. The van der Waals surface area contributed by atoms with Crippen LogP contribution < -0.4 is 10.6 Å². The number of furan rings is 1. The maximum atomic E-state index is 5.31. The van der Waals surface area contributed by atoms with Crippen molar-refractivity contribution in [2.24, 2.45) is 4.99 Å². The monoisotopic (exact) mass is 409 g/mol. The van der Waals surface area contributed by atoms with Crippen molar-refractivity contribution in [3.8, 4) is 0 Å². The minimum Gasteiger partial charge on any atom is -0.469 e. The zero-order valence-electron chi connectivity index (χ0n) is 13.1. The van der Waals surface area contributed by atoms with E-state index in [0.717, 1.165) is 63.6 Å². The van der Waals surface area contributed by atoms with Gasteiger partial charge < -0.3 is 19.8 Å². The van der Waals surface area contributed by atoms with Gasteiger partial charge in [-0.1, -0.05) is 6.92 Å². The van der Waals surface area contributed by atoms with Crippen LogP contribution in [0.5, 0.6) is 0 Å². The Balaban J connectivity index is 0.00000400. The third-order valence-corrected chi connectivity index (χ3v) is 2.81. The van der Waals surface area contributed by atoms with Crippen LogP contribution in [0.15, 0.2) is 27.8 Å². The number of methoxy groups -OCH3 is 1. The summed E-state index contributed by atoms with van der Waals surface area (Å²) < 4.78 is 10.3. The Bertz CT molecular complexity index is 356. The molecule has 1 aromatic rings. The minimum absolute atomic E-state index is 0. The molecule has 0 unspecified atom stereocenters. The summed E-state index contributed by atoms with van der Waals surface area (Å²) in [5.74, 6) is 1.88. The van der Waals surface area contributed by atoms with Crippen molar-refractivity contribution in [1.29, 1.82) is 0 Å². The molecule has 2 N–H and O–H groups in total. The molecule has 0 bridgehead atoms. The van der Waals surface area contributed by atoms with Crippen molar-refractivity contribution in [2.45, 2.75) is 32.6 Å². The number of hydrogen-bond donors (Lipinski definition) is 2. The smallest absolute Gasteiger partial charge is 0.191 e. The Morgan fingerprint density at radius 1 is 1.29 bits per heavy atom. The quantitative estimate of drug-likeness (QED) is 0.270. The zero-order chi connectivity index (χ0) is 14.5. The van der Waals surface area contributed by atoms with E-state index in [0.29, 0.717) is 0 Å². The van der Waals surface area contributed by atoms with Gasteiger partial charge in [-0.3, -0.25) is 4.99 Å². The molecule has 122 valence electrons. The first-order chi connectivity index (χ1) is 9.86. The lowest BCUT2D eigenvalue weighted by atomic mass is 10.3. The maximum absolute atomic E-state index is 5.31. The SMILES string of the molecule is CCCN=C(NCCCCOC)NCCc1ccco1.I. The topological polar surface area (TPSA) is 58.8 Å². The van der Waals surface area contributed by atoms with E-state index in [4.69, 9.17) is 9.15 Å². The molecule has 0 aliphatic heterocycles. The van der Waals surface area contributed by atoms with Crippen molar-refractivity contribution in [3.63, 3.8) is 0 Å². The second-order valence-electron chi connectivity index (χ2n) is 4.61. The van der Waals surface area contributed by atoms with Crippen LogP contribution in [0.4, 0.5) is 0 Å². The van der Waals surface area contributed by atoms with Crippen LogP contribution in [-0.4, -0.2) is 39.3 Å². The molecule has 0 atom stereocenters. The lowest BCUT2D eigenvalue weighted by Crippen LogP contribution is -2.39. The van der Waals surface area contributed by atoms with Gasteiger partial charge in [0.1, 0.15) is 5.76 Å². The molecule has 0 aliphatic carbocycles. The Morgan fingerprint density at radius 3 is 2.76 bits per heavy atom. The molecule has 0 saturated carbocycles. The van der Waals surface area contributed by atoms with Gasteiger partial charge in [-0.2, -0.15) is 0 Å². The van der Waals surface area contributed by atoms with Gasteiger partial charge in [0, 0.05) is 39.8 Å². The van der Waals surface area contributed by atoms with Crippen LogP contribution >= 0.6 is 24.0 Å². The van der Waals surface area contributed by atoms with Crippen molar-refractivity contribution in [1.82, 2.24) is 10.6 Å². The number of aliphatic imine (C=N–C) groups is 1. The Morgan fingerprint density at radius 2 is 2.10 bits per heavy atom. The lowest BCUT2D eigenvalue weighted by Gasteiger charge is -2.12. The highest BCUT2D eigenvalue weighted by molar-refractivity contribution is 14.0. The van der Waals surface area contributed by atoms with Crippen molar-refractivity contribution < 1.29 is 9.15 Å². The van der Waals surface area contributed by atoms with Gasteiger partial charge in [-0.05, 0) is 31.4 Å². The van der Waals surface area contributed by atoms with Crippen LogP contribution in [0.1, 0.15) is 31.9 Å². The van der Waals surface area contributed by atoms with E-state index in [1.165, 1.54) is 0 Å². The predicted molar refractivity (Wildman–Crippen MR) is 97.5 cm³/mol. The van der Waals surface area contributed by atoms with Gasteiger partial charge in [0.25, 0.3) is 0 Å². The fourth-order valence-corrected chi connectivity index (χ4v) is 1.74. The summed E-state index contributed by atoms with van der Waals surface area (Å²) >= 11 is 0. The van der Waals surface area contributed by atoms with Gasteiger partial charge in [0.15, 0.2) is 5.96 Å². The van der Waals surface area contributed by atoms with E-state index in [-0.39, 0.29) is 24.0 Å². The van der Waals surface area contributed by atoms with Gasteiger partial charge in [0.2, 0.25) is 0 Å². The summed E-state index contributed by atoms with van der Waals surface area (Å²) in [6.07, 6.45) is 5.77. The van der Waals surface area contributed by atoms with E-state index in [1.54, 1.807) is 13.4 Å². The summed E-state index contributed by atoms with van der Waals surface area (Å²) in [7, 11) is 1.73. The molecule has 1 aromatic heterocycles. The summed E-state index contributed by atoms with van der Waals surface area (Å²) in [6, 6.07) is 3.90. The van der Waals surface area contributed by atoms with Crippen molar-refractivity contribution >= 4 is 29.9 Å². The van der Waals surface area contributed by atoms with E-state index >= 15 is 0 Å². The van der Waals surface area contributed by atoms with Crippen LogP contribution in [-0.2, 0) is 11.2 Å². The number of hydrogen-bond acceptors (Lipinski definition) is 3. The van der Waals surface area contributed by atoms with Gasteiger partial charge in [0.05, 0.1) is 6.26 Å². The molecule has 0 aromatic carbocycles. The highest BCUT2D eigenvalue weighted by Crippen LogP contribution is 1.99. The van der Waals surface area contributed by atoms with Crippen molar-refractivity contribution in [3.05, 3.63) is 24.2 Å². The Hall–Kier alpha value is -0.760.